The predicted molar refractivity (Wildman–Crippen MR) is 135 cm³/mol. The Morgan fingerprint density at radius 1 is 1.27 bits per heavy atom. The van der Waals surface area contributed by atoms with E-state index in [0.29, 0.717) is 25.9 Å². The summed E-state index contributed by atoms with van der Waals surface area (Å²) in [7, 11) is -3.29. The van der Waals surface area contributed by atoms with Gasteiger partial charge in [0.1, 0.15) is 5.37 Å². The summed E-state index contributed by atoms with van der Waals surface area (Å²) in [5.41, 5.74) is 1.40. The van der Waals surface area contributed by atoms with Gasteiger partial charge in [-0.3, -0.25) is 23.6 Å². The number of rotatable bonds is 7. The van der Waals surface area contributed by atoms with Crippen molar-refractivity contribution in [3.63, 3.8) is 0 Å². The lowest BCUT2D eigenvalue weighted by atomic mass is 10.2. The highest BCUT2D eigenvalue weighted by Crippen LogP contribution is 2.44. The number of amides is 2. The van der Waals surface area contributed by atoms with Crippen molar-refractivity contribution in [2.45, 2.75) is 14.6 Å². The van der Waals surface area contributed by atoms with Crippen molar-refractivity contribution in [1.29, 1.82) is 0 Å². The van der Waals surface area contributed by atoms with Gasteiger partial charge in [0.2, 0.25) is 16.9 Å². The van der Waals surface area contributed by atoms with E-state index in [1.165, 1.54) is 59.1 Å². The molecule has 2 heterocycles. The van der Waals surface area contributed by atoms with Crippen LogP contribution in [0.3, 0.4) is 0 Å². The molecule has 1 aliphatic rings. The second-order valence-electron chi connectivity index (χ2n) is 6.79. The highest BCUT2D eigenvalue weighted by molar-refractivity contribution is 8.22. The molecule has 1 aromatic heterocycles. The van der Waals surface area contributed by atoms with Crippen molar-refractivity contribution in [3.8, 4) is 0 Å². The summed E-state index contributed by atoms with van der Waals surface area (Å²) in [6.07, 6.45) is 0. The first-order valence-electron chi connectivity index (χ1n) is 9.32. The van der Waals surface area contributed by atoms with Gasteiger partial charge in [0, 0.05) is 10.7 Å². The molecule has 1 unspecified atom stereocenters. The molecule has 0 saturated carbocycles. The molecule has 3 aromatic rings. The molecule has 0 radical (unpaired) electrons. The van der Waals surface area contributed by atoms with Crippen LogP contribution in [0.15, 0.2) is 57.8 Å². The van der Waals surface area contributed by atoms with E-state index in [9.17, 15) is 18.7 Å². The van der Waals surface area contributed by atoms with Gasteiger partial charge in [-0.2, -0.15) is 0 Å². The molecule has 1 aliphatic heterocycles. The first-order valence-corrected chi connectivity index (χ1v) is 14.2. The lowest BCUT2D eigenvalue weighted by Gasteiger charge is -2.26. The molecule has 174 valence electrons. The van der Waals surface area contributed by atoms with Crippen LogP contribution in [0.25, 0.3) is 0 Å². The topological polar surface area (TPSA) is 142 Å². The van der Waals surface area contributed by atoms with E-state index in [1.54, 1.807) is 11.0 Å². The summed E-state index contributed by atoms with van der Waals surface area (Å²) in [5.74, 6) is 0.0873. The number of benzene rings is 2. The number of nitrogens with zero attached hydrogens (tertiary/aromatic N) is 3. The summed E-state index contributed by atoms with van der Waals surface area (Å²) < 4.78 is 19.4. The molecule has 1 fully saturated rings. The first-order chi connectivity index (χ1) is 15.7. The summed E-state index contributed by atoms with van der Waals surface area (Å²) in [6.45, 7) is 0. The Morgan fingerprint density at radius 2 is 2.03 bits per heavy atom. The van der Waals surface area contributed by atoms with Crippen LogP contribution in [0.2, 0.25) is 5.02 Å². The van der Waals surface area contributed by atoms with Crippen LogP contribution in [0.4, 0.5) is 10.8 Å². The highest BCUT2D eigenvalue weighted by Gasteiger charge is 2.36. The fourth-order valence-corrected chi connectivity index (χ4v) is 6.59. The van der Waals surface area contributed by atoms with Gasteiger partial charge in [-0.25, -0.2) is 5.14 Å². The van der Waals surface area contributed by atoms with Crippen LogP contribution in [-0.2, 0) is 9.59 Å². The molecule has 1 atom stereocenters. The van der Waals surface area contributed by atoms with Crippen LogP contribution >= 0.6 is 57.2 Å². The van der Waals surface area contributed by atoms with Gasteiger partial charge < -0.3 is 5.32 Å². The van der Waals surface area contributed by atoms with Gasteiger partial charge in [-0.1, -0.05) is 46.8 Å². The van der Waals surface area contributed by atoms with Gasteiger partial charge in [-0.05, 0) is 42.0 Å². The standard InChI is InChI=1S/C19H18ClN5O4S4/c20-12-3-1-2-11(8-12)17-25(16(27)10-30-17)18-23-24-19(32-18)31-9-15(26)22-13-4-6-14(7-5-13)33(21,28)29/h1-8,17,28-29H,9-10,21H2,(H,22,26). The maximum absolute atomic E-state index is 12.5. The number of halogens is 1. The van der Waals surface area contributed by atoms with Crippen molar-refractivity contribution < 1.29 is 18.7 Å². The molecule has 33 heavy (non-hydrogen) atoms. The fraction of sp³-hybridized carbons (Fsp3) is 0.158. The molecule has 2 amide bonds. The van der Waals surface area contributed by atoms with Crippen LogP contribution in [-0.4, -0.2) is 42.6 Å². The van der Waals surface area contributed by atoms with Gasteiger partial charge in [0.15, 0.2) is 4.34 Å². The minimum absolute atomic E-state index is 0.0621. The second kappa shape index (κ2) is 10.2. The van der Waals surface area contributed by atoms with Crippen LogP contribution < -0.4 is 15.4 Å². The lowest BCUT2D eigenvalue weighted by Crippen LogP contribution is -2.27. The summed E-state index contributed by atoms with van der Waals surface area (Å²) in [4.78, 5) is 26.6. The van der Waals surface area contributed by atoms with E-state index in [-0.39, 0.29) is 27.8 Å². The highest BCUT2D eigenvalue weighted by atomic mass is 35.5. The fourth-order valence-electron chi connectivity index (χ4n) is 2.96. The van der Waals surface area contributed by atoms with Crippen molar-refractivity contribution in [2.75, 3.05) is 21.7 Å². The zero-order chi connectivity index (χ0) is 23.6. The van der Waals surface area contributed by atoms with Crippen molar-refractivity contribution in [1.82, 2.24) is 10.2 Å². The smallest absolute Gasteiger partial charge is 0.240 e. The van der Waals surface area contributed by atoms with E-state index in [2.05, 4.69) is 15.5 Å². The van der Waals surface area contributed by atoms with E-state index < -0.39 is 10.8 Å². The molecule has 1 saturated heterocycles. The van der Waals surface area contributed by atoms with Crippen LogP contribution in [0, 0.1) is 0 Å². The van der Waals surface area contributed by atoms with E-state index in [0.717, 1.165) is 5.56 Å². The predicted octanol–water partition coefficient (Wildman–Crippen LogP) is 4.68. The molecule has 0 spiro atoms. The largest absolute Gasteiger partial charge is 0.325 e. The monoisotopic (exact) mass is 543 g/mol. The molecular weight excluding hydrogens is 526 g/mol. The number of nitrogens with two attached hydrogens (primary N) is 1. The van der Waals surface area contributed by atoms with E-state index in [1.807, 2.05) is 18.2 Å². The van der Waals surface area contributed by atoms with Crippen molar-refractivity contribution in [3.05, 3.63) is 59.1 Å². The maximum atomic E-state index is 12.5. The number of aromatic nitrogens is 2. The third-order valence-electron chi connectivity index (χ3n) is 4.42. The first kappa shape index (κ1) is 24.3. The Hall–Kier alpha value is -1.84. The third-order valence-corrected chi connectivity index (χ3v) is 8.88. The number of nitrogens with one attached hydrogen (secondary N) is 1. The maximum Gasteiger partial charge on any atom is 0.240 e. The minimum Gasteiger partial charge on any atom is -0.325 e. The Morgan fingerprint density at radius 3 is 2.73 bits per heavy atom. The molecule has 2 aromatic carbocycles. The molecule has 0 aliphatic carbocycles. The zero-order valence-electron chi connectivity index (χ0n) is 16.8. The molecular formula is C19H18ClN5O4S4. The Labute approximate surface area is 208 Å². The van der Waals surface area contributed by atoms with Crippen LogP contribution in [0.1, 0.15) is 10.9 Å². The Balaban J connectivity index is 1.37. The van der Waals surface area contributed by atoms with Crippen molar-refractivity contribution >= 4 is 79.9 Å². The van der Waals surface area contributed by atoms with Crippen molar-refractivity contribution in [2.24, 2.45) is 5.14 Å². The summed E-state index contributed by atoms with van der Waals surface area (Å²) in [5, 5.41) is 17.1. The third kappa shape index (κ3) is 6.00. The molecule has 14 heteroatoms. The minimum atomic E-state index is -3.29. The van der Waals surface area contributed by atoms with Gasteiger partial charge >= 0.3 is 0 Å². The molecule has 9 nitrogen and oxygen atoms in total. The summed E-state index contributed by atoms with van der Waals surface area (Å²) in [6, 6.07) is 13.3. The zero-order valence-corrected chi connectivity index (χ0v) is 20.8. The molecule has 4 rings (SSSR count). The molecule has 0 bridgehead atoms. The number of carbonyl (C=O) groups excluding carboxylic acids is 2. The van der Waals surface area contributed by atoms with Crippen LogP contribution in [0.5, 0.6) is 0 Å². The lowest BCUT2D eigenvalue weighted by molar-refractivity contribution is -0.116. The van der Waals surface area contributed by atoms with E-state index in [4.69, 9.17) is 16.7 Å². The van der Waals surface area contributed by atoms with E-state index >= 15 is 0 Å². The second-order valence-corrected chi connectivity index (χ2v) is 12.1. The average molecular weight is 544 g/mol. The number of anilines is 2. The number of thioether (sulfide) groups is 2. The Kier molecular flexibility index (Phi) is 7.50. The quantitative estimate of drug-likeness (QED) is 0.246. The number of carbonyl (C=O) groups is 2. The van der Waals surface area contributed by atoms with Gasteiger partial charge in [0.25, 0.3) is 0 Å². The SMILES string of the molecule is NS(O)(O)c1ccc(NC(=O)CSc2nnc(N3C(=O)CSC3c3cccc(Cl)c3)s2)cc1. The van der Waals surface area contributed by atoms with Gasteiger partial charge in [-0.15, -0.1) is 32.7 Å². The van der Waals surface area contributed by atoms with Gasteiger partial charge in [0.05, 0.1) is 16.4 Å². The molecule has 5 N–H and O–H groups in total. The summed E-state index contributed by atoms with van der Waals surface area (Å²) >= 11 is 10.1. The number of hydrogen-bond acceptors (Lipinski definition) is 10. The normalized spacial score (nSPS) is 16.8. The Bertz CT molecular complexity index is 1170. The average Bonchev–Trinajstić information content (AvgIpc) is 3.38. The number of hydrogen-bond donors (Lipinski definition) is 4.